The summed E-state index contributed by atoms with van der Waals surface area (Å²) < 4.78 is 0. The Morgan fingerprint density at radius 3 is 2.55 bits per heavy atom. The van der Waals surface area contributed by atoms with E-state index in [1.165, 1.54) is 5.56 Å². The molecule has 0 radical (unpaired) electrons. The highest BCUT2D eigenvalue weighted by molar-refractivity contribution is 6.30. The van der Waals surface area contributed by atoms with Crippen molar-refractivity contribution >= 4 is 23.2 Å². The molecule has 0 spiro atoms. The van der Waals surface area contributed by atoms with Crippen LogP contribution in [-0.4, -0.2) is 12.5 Å². The molecule has 1 amide bonds. The van der Waals surface area contributed by atoms with Gasteiger partial charge in [-0.05, 0) is 48.2 Å². The van der Waals surface area contributed by atoms with E-state index in [4.69, 9.17) is 17.3 Å². The lowest BCUT2D eigenvalue weighted by atomic mass is 9.96. The second-order valence-corrected chi connectivity index (χ2v) is 6.42. The lowest BCUT2D eigenvalue weighted by Crippen LogP contribution is -2.33. The number of benzene rings is 2. The molecule has 0 bridgehead atoms. The lowest BCUT2D eigenvalue weighted by molar-refractivity contribution is -0.120. The number of carbonyl (C=O) groups is 1. The van der Waals surface area contributed by atoms with Crippen LogP contribution in [0.15, 0.2) is 48.5 Å². The van der Waals surface area contributed by atoms with Crippen molar-refractivity contribution < 1.29 is 4.79 Å². The zero-order chi connectivity index (χ0) is 15.6. The fourth-order valence-corrected chi connectivity index (χ4v) is 2.88. The molecule has 0 aliphatic heterocycles. The molecule has 3 nitrogen and oxygen atoms in total. The number of carbonyl (C=O) groups excluding carboxylic acids is 1. The third kappa shape index (κ3) is 3.42. The van der Waals surface area contributed by atoms with E-state index >= 15 is 0 Å². The molecule has 3 rings (SSSR count). The van der Waals surface area contributed by atoms with Gasteiger partial charge >= 0.3 is 0 Å². The number of hydrogen-bond donors (Lipinski definition) is 2. The number of hydrogen-bond acceptors (Lipinski definition) is 2. The molecule has 3 N–H and O–H groups in total. The van der Waals surface area contributed by atoms with E-state index in [0.29, 0.717) is 18.7 Å². The minimum Gasteiger partial charge on any atom is -0.399 e. The van der Waals surface area contributed by atoms with Crippen LogP contribution < -0.4 is 11.1 Å². The molecule has 0 aromatic heterocycles. The van der Waals surface area contributed by atoms with E-state index in [2.05, 4.69) is 11.4 Å². The van der Waals surface area contributed by atoms with Crippen molar-refractivity contribution in [1.29, 1.82) is 0 Å². The first-order chi connectivity index (χ1) is 10.6. The summed E-state index contributed by atoms with van der Waals surface area (Å²) in [5.74, 6) is 0.0399. The Morgan fingerprint density at radius 2 is 1.91 bits per heavy atom. The number of nitrogens with two attached hydrogens (primary N) is 1. The molecule has 2 aromatic carbocycles. The zero-order valence-electron chi connectivity index (χ0n) is 12.3. The third-order valence-corrected chi connectivity index (χ3v) is 4.49. The van der Waals surface area contributed by atoms with Crippen LogP contribution in [0.1, 0.15) is 24.0 Å². The summed E-state index contributed by atoms with van der Waals surface area (Å²) in [6.45, 7) is 0.668. The summed E-state index contributed by atoms with van der Waals surface area (Å²) in [6.07, 6.45) is 2.57. The predicted molar refractivity (Wildman–Crippen MR) is 89.9 cm³/mol. The molecule has 1 aliphatic carbocycles. The quantitative estimate of drug-likeness (QED) is 0.832. The van der Waals surface area contributed by atoms with Crippen molar-refractivity contribution in [3.8, 4) is 0 Å². The zero-order valence-corrected chi connectivity index (χ0v) is 13.1. The predicted octanol–water partition coefficient (Wildman–Crippen LogP) is 3.31. The molecule has 0 saturated heterocycles. The number of rotatable bonds is 5. The summed E-state index contributed by atoms with van der Waals surface area (Å²) in [7, 11) is 0. The molecule has 114 valence electrons. The van der Waals surface area contributed by atoms with Crippen molar-refractivity contribution in [2.45, 2.75) is 24.7 Å². The second kappa shape index (κ2) is 6.01. The van der Waals surface area contributed by atoms with Crippen molar-refractivity contribution in [3.05, 3.63) is 64.7 Å². The fourth-order valence-electron chi connectivity index (χ4n) is 2.69. The van der Waals surface area contributed by atoms with E-state index < -0.39 is 0 Å². The Hall–Kier alpha value is -2.00. The third-order valence-electron chi connectivity index (χ3n) is 4.26. The second-order valence-electron chi connectivity index (χ2n) is 5.99. The van der Waals surface area contributed by atoms with E-state index in [9.17, 15) is 4.79 Å². The van der Waals surface area contributed by atoms with Gasteiger partial charge in [0.15, 0.2) is 0 Å². The topological polar surface area (TPSA) is 55.1 Å². The molecule has 2 aromatic rings. The van der Waals surface area contributed by atoms with E-state index in [-0.39, 0.29) is 11.3 Å². The maximum absolute atomic E-state index is 12.1. The van der Waals surface area contributed by atoms with Gasteiger partial charge in [0.05, 0.1) is 6.42 Å². The maximum atomic E-state index is 12.1. The van der Waals surface area contributed by atoms with Crippen molar-refractivity contribution in [2.75, 3.05) is 12.3 Å². The summed E-state index contributed by atoms with van der Waals surface area (Å²) in [4.78, 5) is 12.1. The smallest absolute Gasteiger partial charge is 0.224 e. The van der Waals surface area contributed by atoms with Crippen LogP contribution in [0.5, 0.6) is 0 Å². The van der Waals surface area contributed by atoms with Crippen LogP contribution in [0.25, 0.3) is 0 Å². The summed E-state index contributed by atoms with van der Waals surface area (Å²) in [5, 5.41) is 3.80. The van der Waals surface area contributed by atoms with Crippen molar-refractivity contribution in [2.24, 2.45) is 0 Å². The highest BCUT2D eigenvalue weighted by atomic mass is 35.5. The van der Waals surface area contributed by atoms with E-state index in [0.717, 1.165) is 23.4 Å². The average Bonchev–Trinajstić information content (AvgIpc) is 3.29. The Balaban J connectivity index is 1.58. The van der Waals surface area contributed by atoms with Gasteiger partial charge < -0.3 is 11.1 Å². The molecule has 0 heterocycles. The first-order valence-corrected chi connectivity index (χ1v) is 7.82. The highest BCUT2D eigenvalue weighted by Gasteiger charge is 2.44. The number of anilines is 1. The van der Waals surface area contributed by atoms with Crippen LogP contribution in [0, 0.1) is 0 Å². The minimum atomic E-state index is 0.0399. The van der Waals surface area contributed by atoms with Gasteiger partial charge in [-0.25, -0.2) is 0 Å². The van der Waals surface area contributed by atoms with Gasteiger partial charge in [-0.2, -0.15) is 0 Å². The summed E-state index contributed by atoms with van der Waals surface area (Å²) >= 11 is 6.06. The molecule has 1 fully saturated rings. The molecule has 0 atom stereocenters. The van der Waals surface area contributed by atoms with Gasteiger partial charge in [0, 0.05) is 22.7 Å². The van der Waals surface area contributed by atoms with Crippen molar-refractivity contribution in [3.63, 3.8) is 0 Å². The molecule has 0 unspecified atom stereocenters. The SMILES string of the molecule is Nc1ccc(CC(=O)NCC2(c3cccc(Cl)c3)CC2)cc1. The Labute approximate surface area is 135 Å². The van der Waals surface area contributed by atoms with E-state index in [1.807, 2.05) is 42.5 Å². The fraction of sp³-hybridized carbons (Fsp3) is 0.278. The molecule has 22 heavy (non-hydrogen) atoms. The van der Waals surface area contributed by atoms with Gasteiger partial charge in [-0.1, -0.05) is 35.9 Å². The van der Waals surface area contributed by atoms with Crippen LogP contribution in [-0.2, 0) is 16.6 Å². The molecule has 1 aliphatic rings. The van der Waals surface area contributed by atoms with Gasteiger partial charge in [0.25, 0.3) is 0 Å². The molecular formula is C18H19ClN2O. The van der Waals surface area contributed by atoms with Crippen LogP contribution in [0.3, 0.4) is 0 Å². The summed E-state index contributed by atoms with van der Waals surface area (Å²) in [6, 6.07) is 15.3. The average molecular weight is 315 g/mol. The number of halogens is 1. The van der Waals surface area contributed by atoms with Gasteiger partial charge in [-0.3, -0.25) is 4.79 Å². The minimum absolute atomic E-state index is 0.0399. The Morgan fingerprint density at radius 1 is 1.18 bits per heavy atom. The monoisotopic (exact) mass is 314 g/mol. The van der Waals surface area contributed by atoms with Gasteiger partial charge in [0.1, 0.15) is 0 Å². The normalized spacial score (nSPS) is 15.3. The Kier molecular flexibility index (Phi) is 4.08. The van der Waals surface area contributed by atoms with Gasteiger partial charge in [0.2, 0.25) is 5.91 Å². The van der Waals surface area contributed by atoms with Crippen LogP contribution in [0.2, 0.25) is 5.02 Å². The number of nitrogen functional groups attached to an aromatic ring is 1. The number of amides is 1. The summed E-state index contributed by atoms with van der Waals surface area (Å²) in [5.41, 5.74) is 8.62. The number of nitrogens with one attached hydrogen (secondary N) is 1. The molecular weight excluding hydrogens is 296 g/mol. The lowest BCUT2D eigenvalue weighted by Gasteiger charge is -2.17. The van der Waals surface area contributed by atoms with Crippen molar-refractivity contribution in [1.82, 2.24) is 5.32 Å². The maximum Gasteiger partial charge on any atom is 0.224 e. The van der Waals surface area contributed by atoms with E-state index in [1.54, 1.807) is 0 Å². The highest BCUT2D eigenvalue weighted by Crippen LogP contribution is 2.48. The molecule has 1 saturated carbocycles. The molecule has 4 heteroatoms. The van der Waals surface area contributed by atoms with Crippen LogP contribution >= 0.6 is 11.6 Å². The first-order valence-electron chi connectivity index (χ1n) is 7.45. The van der Waals surface area contributed by atoms with Gasteiger partial charge in [-0.15, -0.1) is 0 Å². The largest absolute Gasteiger partial charge is 0.399 e. The standard InChI is InChI=1S/C18H19ClN2O/c19-15-3-1-2-14(11-15)18(8-9-18)12-21-17(22)10-13-4-6-16(20)7-5-13/h1-7,11H,8-10,12,20H2,(H,21,22). The Bertz CT molecular complexity index is 678. The van der Waals surface area contributed by atoms with Crippen LogP contribution in [0.4, 0.5) is 5.69 Å². The first kappa shape index (κ1) is 14.9.